The molecule has 0 spiro atoms. The molecule has 0 aliphatic rings. The van der Waals surface area contributed by atoms with Crippen molar-refractivity contribution < 1.29 is 14.3 Å². The second kappa shape index (κ2) is 7.04. The summed E-state index contributed by atoms with van der Waals surface area (Å²) in [7, 11) is 0. The van der Waals surface area contributed by atoms with Crippen LogP contribution >= 0.6 is 0 Å². The van der Waals surface area contributed by atoms with Crippen LogP contribution in [0.2, 0.25) is 0 Å². The number of ether oxygens (including phenoxy) is 1. The zero-order valence-electron chi connectivity index (χ0n) is 10.9. The molecule has 0 heterocycles. The molecular formula is C17H14O3. The second-order valence-corrected chi connectivity index (χ2v) is 4.17. The fourth-order valence-electron chi connectivity index (χ4n) is 1.60. The van der Waals surface area contributed by atoms with E-state index in [4.69, 9.17) is 4.74 Å². The zero-order valence-corrected chi connectivity index (χ0v) is 10.9. The summed E-state index contributed by atoms with van der Waals surface area (Å²) in [6.45, 7) is 0.102. The summed E-state index contributed by atoms with van der Waals surface area (Å²) in [5, 5.41) is 0. The minimum absolute atomic E-state index is 0.102. The molecule has 0 bridgehead atoms. The van der Waals surface area contributed by atoms with Gasteiger partial charge >= 0.3 is 5.97 Å². The first kappa shape index (κ1) is 13.7. The van der Waals surface area contributed by atoms with Crippen molar-refractivity contribution in [3.63, 3.8) is 0 Å². The van der Waals surface area contributed by atoms with Crippen molar-refractivity contribution in [3.8, 4) is 0 Å². The van der Waals surface area contributed by atoms with Gasteiger partial charge in [0.25, 0.3) is 5.78 Å². The molecule has 3 heteroatoms. The second-order valence-electron chi connectivity index (χ2n) is 4.17. The number of carbonyl (C=O) groups excluding carboxylic acids is 2. The van der Waals surface area contributed by atoms with Crippen molar-refractivity contribution in [1.29, 1.82) is 0 Å². The minimum atomic E-state index is -0.846. The molecule has 20 heavy (non-hydrogen) atoms. The molecule has 2 aromatic carbocycles. The molecule has 0 saturated heterocycles. The number of benzene rings is 2. The van der Waals surface area contributed by atoms with Crippen molar-refractivity contribution in [3.05, 3.63) is 77.9 Å². The third-order valence-corrected chi connectivity index (χ3v) is 2.64. The number of esters is 1. The van der Waals surface area contributed by atoms with E-state index < -0.39 is 11.8 Å². The highest BCUT2D eigenvalue weighted by atomic mass is 16.5. The molecule has 3 nitrogen and oxygen atoms in total. The Hall–Kier alpha value is -2.68. The van der Waals surface area contributed by atoms with Crippen LogP contribution in [0.25, 0.3) is 6.08 Å². The summed E-state index contributed by atoms with van der Waals surface area (Å²) in [4.78, 5) is 23.1. The summed E-state index contributed by atoms with van der Waals surface area (Å²) in [5.74, 6) is -1.51. The monoisotopic (exact) mass is 266 g/mol. The topological polar surface area (TPSA) is 43.4 Å². The van der Waals surface area contributed by atoms with E-state index in [9.17, 15) is 9.59 Å². The average Bonchev–Trinajstić information content (AvgIpc) is 2.52. The maximum atomic E-state index is 11.6. The van der Waals surface area contributed by atoms with Gasteiger partial charge in [0.1, 0.15) is 6.61 Å². The maximum absolute atomic E-state index is 11.6. The average molecular weight is 266 g/mol. The van der Waals surface area contributed by atoms with Crippen LogP contribution in [0, 0.1) is 0 Å². The van der Waals surface area contributed by atoms with Crippen molar-refractivity contribution in [1.82, 2.24) is 0 Å². The van der Waals surface area contributed by atoms with Gasteiger partial charge in [-0.25, -0.2) is 4.79 Å². The maximum Gasteiger partial charge on any atom is 0.379 e. The Kier molecular flexibility index (Phi) is 4.84. The van der Waals surface area contributed by atoms with E-state index in [1.54, 1.807) is 6.08 Å². The van der Waals surface area contributed by atoms with E-state index >= 15 is 0 Å². The molecule has 0 amide bonds. The summed E-state index contributed by atoms with van der Waals surface area (Å²) in [6, 6.07) is 18.5. The van der Waals surface area contributed by atoms with Crippen LogP contribution in [-0.4, -0.2) is 11.8 Å². The van der Waals surface area contributed by atoms with Gasteiger partial charge in [0, 0.05) is 0 Å². The Bertz CT molecular complexity index is 601. The summed E-state index contributed by atoms with van der Waals surface area (Å²) < 4.78 is 4.94. The Labute approximate surface area is 117 Å². The lowest BCUT2D eigenvalue weighted by Crippen LogP contribution is -2.14. The molecule has 0 radical (unpaired) electrons. The number of rotatable bonds is 5. The largest absolute Gasteiger partial charge is 0.455 e. The Balaban J connectivity index is 1.86. The van der Waals surface area contributed by atoms with Crippen LogP contribution in [0.1, 0.15) is 11.1 Å². The van der Waals surface area contributed by atoms with Gasteiger partial charge in [-0.05, 0) is 17.2 Å². The van der Waals surface area contributed by atoms with Crippen LogP contribution in [0.3, 0.4) is 0 Å². The molecule has 0 aliphatic carbocycles. The molecule has 0 aliphatic heterocycles. The van der Waals surface area contributed by atoms with Gasteiger partial charge in [-0.3, -0.25) is 4.79 Å². The van der Waals surface area contributed by atoms with Crippen LogP contribution in [0.4, 0.5) is 0 Å². The third kappa shape index (κ3) is 4.21. The fourth-order valence-corrected chi connectivity index (χ4v) is 1.60. The Morgan fingerprint density at radius 1 is 0.900 bits per heavy atom. The first-order valence-electron chi connectivity index (χ1n) is 6.24. The lowest BCUT2D eigenvalue weighted by molar-refractivity contribution is -0.152. The van der Waals surface area contributed by atoms with Gasteiger partial charge in [0.15, 0.2) is 0 Å². The quantitative estimate of drug-likeness (QED) is 0.474. The summed E-state index contributed by atoms with van der Waals surface area (Å²) >= 11 is 0. The van der Waals surface area contributed by atoms with Gasteiger partial charge in [-0.15, -0.1) is 0 Å². The van der Waals surface area contributed by atoms with Crippen molar-refractivity contribution in [2.24, 2.45) is 0 Å². The minimum Gasteiger partial charge on any atom is -0.455 e. The van der Waals surface area contributed by atoms with Crippen molar-refractivity contribution >= 4 is 17.8 Å². The zero-order chi connectivity index (χ0) is 14.2. The van der Waals surface area contributed by atoms with E-state index in [-0.39, 0.29) is 6.61 Å². The number of carbonyl (C=O) groups is 2. The van der Waals surface area contributed by atoms with E-state index in [1.165, 1.54) is 6.08 Å². The lowest BCUT2D eigenvalue weighted by Gasteiger charge is -2.02. The number of hydrogen-bond donors (Lipinski definition) is 0. The highest BCUT2D eigenvalue weighted by molar-refractivity contribution is 6.39. The summed E-state index contributed by atoms with van der Waals surface area (Å²) in [5.41, 5.74) is 1.71. The molecule has 2 aromatic rings. The van der Waals surface area contributed by atoms with Crippen LogP contribution in [-0.2, 0) is 20.9 Å². The van der Waals surface area contributed by atoms with Crippen molar-refractivity contribution in [2.75, 3.05) is 0 Å². The third-order valence-electron chi connectivity index (χ3n) is 2.64. The van der Waals surface area contributed by atoms with Gasteiger partial charge < -0.3 is 4.74 Å². The molecule has 0 N–H and O–H groups in total. The Morgan fingerprint density at radius 2 is 1.50 bits per heavy atom. The van der Waals surface area contributed by atoms with E-state index in [1.807, 2.05) is 60.7 Å². The predicted molar refractivity (Wildman–Crippen MR) is 76.7 cm³/mol. The summed E-state index contributed by atoms with van der Waals surface area (Å²) in [6.07, 6.45) is 2.81. The Morgan fingerprint density at radius 3 is 2.15 bits per heavy atom. The molecule has 0 fully saturated rings. The molecule has 0 atom stereocenters. The molecule has 0 unspecified atom stereocenters. The smallest absolute Gasteiger partial charge is 0.379 e. The molecule has 0 saturated carbocycles. The van der Waals surface area contributed by atoms with Gasteiger partial charge in [-0.1, -0.05) is 66.7 Å². The highest BCUT2D eigenvalue weighted by Gasteiger charge is 2.11. The predicted octanol–water partition coefficient (Wildman–Crippen LogP) is 3.01. The molecule has 100 valence electrons. The standard InChI is InChI=1S/C17H14O3/c18-16(12-11-14-7-3-1-4-8-14)17(19)20-13-15-9-5-2-6-10-15/h1-12H,13H2/b12-11+. The molecule has 2 rings (SSSR count). The number of hydrogen-bond acceptors (Lipinski definition) is 3. The highest BCUT2D eigenvalue weighted by Crippen LogP contribution is 2.03. The number of ketones is 1. The van der Waals surface area contributed by atoms with Crippen LogP contribution < -0.4 is 0 Å². The van der Waals surface area contributed by atoms with E-state index in [0.29, 0.717) is 0 Å². The van der Waals surface area contributed by atoms with E-state index in [0.717, 1.165) is 11.1 Å². The van der Waals surface area contributed by atoms with Crippen LogP contribution in [0.5, 0.6) is 0 Å². The van der Waals surface area contributed by atoms with Gasteiger partial charge in [-0.2, -0.15) is 0 Å². The lowest BCUT2D eigenvalue weighted by atomic mass is 10.2. The normalized spacial score (nSPS) is 10.4. The molecular weight excluding hydrogens is 252 g/mol. The van der Waals surface area contributed by atoms with E-state index in [2.05, 4.69) is 0 Å². The van der Waals surface area contributed by atoms with Gasteiger partial charge in [0.05, 0.1) is 0 Å². The first-order chi connectivity index (χ1) is 9.75. The SMILES string of the molecule is O=C(/C=C/c1ccccc1)C(=O)OCc1ccccc1. The first-order valence-corrected chi connectivity index (χ1v) is 6.24. The fraction of sp³-hybridized carbons (Fsp3) is 0.0588. The van der Waals surface area contributed by atoms with Crippen LogP contribution in [0.15, 0.2) is 66.7 Å². The molecule has 0 aromatic heterocycles. The van der Waals surface area contributed by atoms with Gasteiger partial charge in [0.2, 0.25) is 0 Å². The van der Waals surface area contributed by atoms with Crippen molar-refractivity contribution in [2.45, 2.75) is 6.61 Å².